The molecule has 7 nitrogen and oxygen atoms in total. The molecule has 0 N–H and O–H groups in total. The van der Waals surface area contributed by atoms with Crippen molar-refractivity contribution in [3.05, 3.63) is 54.4 Å². The van der Waals surface area contributed by atoms with Crippen LogP contribution in [-0.4, -0.2) is 37.2 Å². The lowest BCUT2D eigenvalue weighted by Crippen LogP contribution is -2.21. The Bertz CT molecular complexity index is 1010. The van der Waals surface area contributed by atoms with Gasteiger partial charge < -0.3 is 14.2 Å². The Morgan fingerprint density at radius 1 is 0.964 bits per heavy atom. The van der Waals surface area contributed by atoms with Crippen LogP contribution in [0.1, 0.15) is 5.69 Å². The maximum Gasteiger partial charge on any atom is 0.238 e. The molecule has 0 saturated heterocycles. The lowest BCUT2D eigenvalue weighted by Gasteiger charge is -2.17. The van der Waals surface area contributed by atoms with E-state index in [1.807, 2.05) is 30.3 Å². The van der Waals surface area contributed by atoms with Crippen molar-refractivity contribution in [2.24, 2.45) is 0 Å². The number of amides is 1. The molecular formula is C21H19N3O4. The first-order valence-corrected chi connectivity index (χ1v) is 8.70. The Morgan fingerprint density at radius 2 is 1.64 bits per heavy atom. The standard InChI is InChI=1S/C21H19N3O4/c1-26-17-9-13(10-18(27-2)20(17)28-3)16-12-22-15-11-19(25)24(21(15)23-16)14-7-5-4-6-8-14/h4-10,12H,11H2,1-3H3. The maximum absolute atomic E-state index is 12.6. The largest absolute Gasteiger partial charge is 0.493 e. The molecule has 0 aliphatic carbocycles. The highest BCUT2D eigenvalue weighted by atomic mass is 16.5. The smallest absolute Gasteiger partial charge is 0.238 e. The van der Waals surface area contributed by atoms with Crippen LogP contribution in [-0.2, 0) is 11.2 Å². The molecule has 3 aromatic rings. The molecule has 0 atom stereocenters. The zero-order valence-electron chi connectivity index (χ0n) is 15.8. The first kappa shape index (κ1) is 17.8. The molecule has 0 saturated carbocycles. The third-order valence-electron chi connectivity index (χ3n) is 4.58. The number of hydrogen-bond donors (Lipinski definition) is 0. The molecule has 0 fully saturated rings. The summed E-state index contributed by atoms with van der Waals surface area (Å²) >= 11 is 0. The molecule has 0 bridgehead atoms. The number of aromatic nitrogens is 2. The highest BCUT2D eigenvalue weighted by Gasteiger charge is 2.31. The molecule has 0 radical (unpaired) electrons. The van der Waals surface area contributed by atoms with Gasteiger partial charge >= 0.3 is 0 Å². The predicted octanol–water partition coefficient (Wildman–Crippen LogP) is 3.39. The summed E-state index contributed by atoms with van der Waals surface area (Å²) in [5.74, 6) is 2.04. The summed E-state index contributed by atoms with van der Waals surface area (Å²) in [5, 5.41) is 0. The number of fused-ring (bicyclic) bond motifs is 1. The summed E-state index contributed by atoms with van der Waals surface area (Å²) in [6.45, 7) is 0. The highest BCUT2D eigenvalue weighted by molar-refractivity contribution is 6.05. The van der Waals surface area contributed by atoms with E-state index in [-0.39, 0.29) is 12.3 Å². The number of para-hydroxylation sites is 1. The number of ether oxygens (including phenoxy) is 3. The Labute approximate surface area is 162 Å². The van der Waals surface area contributed by atoms with Gasteiger partial charge in [0.1, 0.15) is 0 Å². The van der Waals surface area contributed by atoms with E-state index in [0.717, 1.165) is 11.3 Å². The Morgan fingerprint density at radius 3 is 2.25 bits per heavy atom. The summed E-state index contributed by atoms with van der Waals surface area (Å²) < 4.78 is 16.2. The third kappa shape index (κ3) is 2.90. The van der Waals surface area contributed by atoms with Crippen LogP contribution < -0.4 is 19.1 Å². The lowest BCUT2D eigenvalue weighted by molar-refractivity contribution is -0.116. The van der Waals surface area contributed by atoms with Gasteiger partial charge in [0.25, 0.3) is 0 Å². The molecule has 1 aromatic heterocycles. The third-order valence-corrected chi connectivity index (χ3v) is 4.58. The SMILES string of the molecule is COc1cc(-c2cnc3c(n2)N(c2ccccc2)C(=O)C3)cc(OC)c1OC. The molecule has 7 heteroatoms. The molecule has 4 rings (SSSR count). The monoisotopic (exact) mass is 377 g/mol. The van der Waals surface area contributed by atoms with Gasteiger partial charge in [0.2, 0.25) is 11.7 Å². The Kier molecular flexibility index (Phi) is 4.57. The van der Waals surface area contributed by atoms with Crippen molar-refractivity contribution in [3.63, 3.8) is 0 Å². The van der Waals surface area contributed by atoms with Gasteiger partial charge in [-0.05, 0) is 24.3 Å². The zero-order valence-corrected chi connectivity index (χ0v) is 15.8. The minimum atomic E-state index is -0.0526. The van der Waals surface area contributed by atoms with E-state index in [0.29, 0.717) is 34.5 Å². The number of benzene rings is 2. The average molecular weight is 377 g/mol. The number of carbonyl (C=O) groups excluding carboxylic acids is 1. The number of hydrogen-bond acceptors (Lipinski definition) is 6. The van der Waals surface area contributed by atoms with Crippen LogP contribution in [0.2, 0.25) is 0 Å². The normalized spacial score (nSPS) is 12.7. The number of anilines is 2. The van der Waals surface area contributed by atoms with E-state index in [9.17, 15) is 4.79 Å². The van der Waals surface area contributed by atoms with Crippen LogP contribution in [0.15, 0.2) is 48.7 Å². The average Bonchev–Trinajstić information content (AvgIpc) is 3.07. The van der Waals surface area contributed by atoms with Gasteiger partial charge in [-0.15, -0.1) is 0 Å². The molecule has 1 aliphatic rings. The number of methoxy groups -OCH3 is 3. The predicted molar refractivity (Wildman–Crippen MR) is 104 cm³/mol. The maximum atomic E-state index is 12.6. The zero-order chi connectivity index (χ0) is 19.7. The van der Waals surface area contributed by atoms with Gasteiger partial charge in [-0.25, -0.2) is 4.98 Å². The van der Waals surface area contributed by atoms with E-state index in [1.54, 1.807) is 44.6 Å². The quantitative estimate of drug-likeness (QED) is 0.679. The van der Waals surface area contributed by atoms with Gasteiger partial charge in [0.05, 0.1) is 51.0 Å². The van der Waals surface area contributed by atoms with Crippen LogP contribution in [0, 0.1) is 0 Å². The van der Waals surface area contributed by atoms with Crippen molar-refractivity contribution in [1.82, 2.24) is 9.97 Å². The topological polar surface area (TPSA) is 73.8 Å². The minimum Gasteiger partial charge on any atom is -0.493 e. The van der Waals surface area contributed by atoms with Crippen LogP contribution >= 0.6 is 0 Å². The molecule has 2 aromatic carbocycles. The van der Waals surface area contributed by atoms with Gasteiger partial charge in [-0.2, -0.15) is 0 Å². The number of nitrogens with zero attached hydrogens (tertiary/aromatic N) is 3. The van der Waals surface area contributed by atoms with E-state index in [2.05, 4.69) is 4.98 Å². The highest BCUT2D eigenvalue weighted by Crippen LogP contribution is 2.41. The number of carbonyl (C=O) groups is 1. The summed E-state index contributed by atoms with van der Waals surface area (Å²) in [4.78, 5) is 23.4. The Balaban J connectivity index is 1.82. The van der Waals surface area contributed by atoms with Gasteiger partial charge in [0.15, 0.2) is 17.3 Å². The van der Waals surface area contributed by atoms with Crippen LogP contribution in [0.5, 0.6) is 17.2 Å². The van der Waals surface area contributed by atoms with Crippen LogP contribution in [0.3, 0.4) is 0 Å². The van der Waals surface area contributed by atoms with Crippen molar-refractivity contribution >= 4 is 17.4 Å². The van der Waals surface area contributed by atoms with Crippen LogP contribution in [0.4, 0.5) is 11.5 Å². The summed E-state index contributed by atoms with van der Waals surface area (Å²) in [6, 6.07) is 13.0. The molecule has 0 unspecified atom stereocenters. The fourth-order valence-electron chi connectivity index (χ4n) is 3.26. The molecular weight excluding hydrogens is 358 g/mol. The van der Waals surface area contributed by atoms with Crippen molar-refractivity contribution in [2.75, 3.05) is 26.2 Å². The summed E-state index contributed by atoms with van der Waals surface area (Å²) in [7, 11) is 4.68. The fourth-order valence-corrected chi connectivity index (χ4v) is 3.26. The minimum absolute atomic E-state index is 0.0526. The first-order chi connectivity index (χ1) is 13.7. The van der Waals surface area contributed by atoms with Crippen molar-refractivity contribution in [2.45, 2.75) is 6.42 Å². The van der Waals surface area contributed by atoms with E-state index in [1.165, 1.54) is 0 Å². The molecule has 2 heterocycles. The van der Waals surface area contributed by atoms with Crippen LogP contribution in [0.25, 0.3) is 11.3 Å². The molecule has 0 spiro atoms. The van der Waals surface area contributed by atoms with E-state index >= 15 is 0 Å². The first-order valence-electron chi connectivity index (χ1n) is 8.70. The van der Waals surface area contributed by atoms with Gasteiger partial charge in [-0.1, -0.05) is 18.2 Å². The summed E-state index contributed by atoms with van der Waals surface area (Å²) in [6.07, 6.45) is 1.88. The van der Waals surface area contributed by atoms with Crippen molar-refractivity contribution < 1.29 is 19.0 Å². The fraction of sp³-hybridized carbons (Fsp3) is 0.190. The van der Waals surface area contributed by atoms with Gasteiger partial charge in [0, 0.05) is 5.56 Å². The Hall–Kier alpha value is -3.61. The van der Waals surface area contributed by atoms with E-state index in [4.69, 9.17) is 19.2 Å². The molecule has 142 valence electrons. The second-order valence-electron chi connectivity index (χ2n) is 6.18. The molecule has 28 heavy (non-hydrogen) atoms. The van der Waals surface area contributed by atoms with Gasteiger partial charge in [-0.3, -0.25) is 14.7 Å². The van der Waals surface area contributed by atoms with Crippen molar-refractivity contribution in [1.29, 1.82) is 0 Å². The summed E-state index contributed by atoms with van der Waals surface area (Å²) in [5.41, 5.74) is 2.78. The molecule has 1 aliphatic heterocycles. The molecule has 1 amide bonds. The number of rotatable bonds is 5. The lowest BCUT2D eigenvalue weighted by atomic mass is 10.1. The second kappa shape index (κ2) is 7.19. The van der Waals surface area contributed by atoms with E-state index < -0.39 is 0 Å². The van der Waals surface area contributed by atoms with Crippen molar-refractivity contribution in [3.8, 4) is 28.5 Å². The second-order valence-corrected chi connectivity index (χ2v) is 6.18.